The van der Waals surface area contributed by atoms with Crippen LogP contribution in [-0.4, -0.2) is 67.4 Å². The van der Waals surface area contributed by atoms with Crippen molar-refractivity contribution in [1.82, 2.24) is 15.5 Å². The van der Waals surface area contributed by atoms with Crippen LogP contribution in [0.1, 0.15) is 42.7 Å². The fourth-order valence-corrected chi connectivity index (χ4v) is 4.81. The number of likely N-dealkylation sites (tertiary alicyclic amines) is 1. The van der Waals surface area contributed by atoms with Crippen molar-refractivity contribution in [2.24, 2.45) is 5.73 Å². The normalized spacial score (nSPS) is 17.9. The van der Waals surface area contributed by atoms with E-state index in [0.717, 1.165) is 10.6 Å². The molecule has 0 saturated carbocycles. The van der Waals surface area contributed by atoms with Crippen LogP contribution in [0.4, 0.5) is 0 Å². The zero-order valence-corrected chi connectivity index (χ0v) is 21.3. The minimum atomic E-state index is -0.701. The molecule has 194 valence electrons. The molecule has 1 fully saturated rings. The summed E-state index contributed by atoms with van der Waals surface area (Å²) < 4.78 is 11.0. The smallest absolute Gasteiger partial charge is 0.243 e. The SMILES string of the molecule is CO[C@@H]1C[C@@H](C(=O)NC(C)c2cc(C(=N)N)cs2)N(C(=O)CNC(=O)CCCOc2ccccc2)C1. The average molecular weight is 516 g/mol. The average Bonchev–Trinajstić information content (AvgIpc) is 3.54. The number of nitrogens with one attached hydrogen (secondary N) is 3. The van der Waals surface area contributed by atoms with Crippen molar-refractivity contribution in [3.8, 4) is 5.75 Å². The van der Waals surface area contributed by atoms with Crippen molar-refractivity contribution < 1.29 is 23.9 Å². The van der Waals surface area contributed by atoms with Gasteiger partial charge in [-0.2, -0.15) is 0 Å². The first kappa shape index (κ1) is 27.2. The Kier molecular flexibility index (Phi) is 9.83. The lowest BCUT2D eigenvalue weighted by Gasteiger charge is -2.25. The van der Waals surface area contributed by atoms with E-state index in [1.807, 2.05) is 37.3 Å². The number of methoxy groups -OCH3 is 1. The second-order valence-electron chi connectivity index (χ2n) is 8.58. The quantitative estimate of drug-likeness (QED) is 0.193. The van der Waals surface area contributed by atoms with Gasteiger partial charge in [0.25, 0.3) is 0 Å². The summed E-state index contributed by atoms with van der Waals surface area (Å²) in [5, 5.41) is 14.9. The van der Waals surface area contributed by atoms with Crippen molar-refractivity contribution in [3.63, 3.8) is 0 Å². The van der Waals surface area contributed by atoms with Gasteiger partial charge in [-0.1, -0.05) is 18.2 Å². The molecule has 1 aliphatic rings. The van der Waals surface area contributed by atoms with Crippen LogP contribution in [0.5, 0.6) is 5.75 Å². The summed E-state index contributed by atoms with van der Waals surface area (Å²) in [5.74, 6) is -0.177. The Balaban J connectivity index is 1.47. The van der Waals surface area contributed by atoms with Gasteiger partial charge in [-0.3, -0.25) is 19.8 Å². The van der Waals surface area contributed by atoms with E-state index in [-0.39, 0.29) is 55.2 Å². The third-order valence-electron chi connectivity index (χ3n) is 5.93. The lowest BCUT2D eigenvalue weighted by Crippen LogP contribution is -2.49. The van der Waals surface area contributed by atoms with Gasteiger partial charge in [0.1, 0.15) is 17.6 Å². The summed E-state index contributed by atoms with van der Waals surface area (Å²) in [6.07, 6.45) is 0.846. The van der Waals surface area contributed by atoms with Crippen LogP contribution in [0.3, 0.4) is 0 Å². The Morgan fingerprint density at radius 1 is 1.28 bits per heavy atom. The Morgan fingerprint density at radius 2 is 2.03 bits per heavy atom. The first-order valence-electron chi connectivity index (χ1n) is 11.8. The Morgan fingerprint density at radius 3 is 2.69 bits per heavy atom. The molecule has 5 N–H and O–H groups in total. The monoisotopic (exact) mass is 515 g/mol. The van der Waals surface area contributed by atoms with E-state index in [2.05, 4.69) is 10.6 Å². The second-order valence-corrected chi connectivity index (χ2v) is 9.52. The van der Waals surface area contributed by atoms with Gasteiger partial charge < -0.3 is 30.7 Å². The molecular weight excluding hydrogens is 482 g/mol. The lowest BCUT2D eigenvalue weighted by molar-refractivity contribution is -0.139. The van der Waals surface area contributed by atoms with E-state index >= 15 is 0 Å². The largest absolute Gasteiger partial charge is 0.494 e. The Labute approximate surface area is 214 Å². The number of hydrogen-bond donors (Lipinski definition) is 4. The molecule has 1 aromatic heterocycles. The number of amides is 3. The summed E-state index contributed by atoms with van der Waals surface area (Å²) in [6, 6.07) is 10.1. The number of nitrogens with two attached hydrogens (primary N) is 1. The second kappa shape index (κ2) is 13.0. The van der Waals surface area contributed by atoms with E-state index in [1.54, 1.807) is 18.6 Å². The van der Waals surface area contributed by atoms with Gasteiger partial charge in [0.15, 0.2) is 0 Å². The van der Waals surface area contributed by atoms with Crippen LogP contribution in [-0.2, 0) is 19.1 Å². The van der Waals surface area contributed by atoms with Gasteiger partial charge in [0.2, 0.25) is 17.7 Å². The molecule has 1 aromatic carbocycles. The number of amidine groups is 1. The molecular formula is C25H33N5O5S. The highest BCUT2D eigenvalue weighted by Crippen LogP contribution is 2.24. The number of nitrogen functional groups attached to an aromatic ring is 1. The first-order valence-corrected chi connectivity index (χ1v) is 12.7. The topological polar surface area (TPSA) is 147 Å². The predicted molar refractivity (Wildman–Crippen MR) is 137 cm³/mol. The Bertz CT molecular complexity index is 1060. The molecule has 3 amide bonds. The van der Waals surface area contributed by atoms with E-state index in [9.17, 15) is 14.4 Å². The third-order valence-corrected chi connectivity index (χ3v) is 7.05. The fraction of sp³-hybridized carbons (Fsp3) is 0.440. The van der Waals surface area contributed by atoms with Gasteiger partial charge in [0, 0.05) is 42.3 Å². The molecule has 1 aliphatic heterocycles. The molecule has 0 spiro atoms. The first-order chi connectivity index (χ1) is 17.3. The summed E-state index contributed by atoms with van der Waals surface area (Å²) in [7, 11) is 1.55. The number of carbonyl (C=O) groups excluding carboxylic acids is 3. The molecule has 0 radical (unpaired) electrons. The number of nitrogens with zero attached hydrogens (tertiary/aromatic N) is 1. The van der Waals surface area contributed by atoms with E-state index in [0.29, 0.717) is 25.0 Å². The van der Waals surface area contributed by atoms with Crippen molar-refractivity contribution in [3.05, 3.63) is 52.2 Å². The molecule has 3 rings (SSSR count). The molecule has 2 heterocycles. The predicted octanol–water partition coefficient (Wildman–Crippen LogP) is 1.80. The number of benzene rings is 1. The van der Waals surface area contributed by atoms with Gasteiger partial charge in [-0.15, -0.1) is 11.3 Å². The minimum absolute atomic E-state index is 0.0303. The molecule has 1 saturated heterocycles. The van der Waals surface area contributed by atoms with Gasteiger partial charge in [0.05, 0.1) is 25.3 Å². The van der Waals surface area contributed by atoms with Gasteiger partial charge in [-0.05, 0) is 31.5 Å². The molecule has 0 aliphatic carbocycles. The zero-order valence-electron chi connectivity index (χ0n) is 20.5. The van der Waals surface area contributed by atoms with Crippen molar-refractivity contribution in [1.29, 1.82) is 5.41 Å². The van der Waals surface area contributed by atoms with Crippen LogP contribution < -0.4 is 21.1 Å². The molecule has 11 heteroatoms. The molecule has 0 bridgehead atoms. The number of carbonyl (C=O) groups is 3. The molecule has 10 nitrogen and oxygen atoms in total. The van der Waals surface area contributed by atoms with Crippen LogP contribution >= 0.6 is 11.3 Å². The standard InChI is InChI=1S/C25H33N5O5S/c1-16(21-11-17(15-36-21)24(26)27)29-25(33)20-12-19(34-2)14-30(20)23(32)13-28-22(31)9-6-10-35-18-7-4-3-5-8-18/h3-5,7-8,11,15-16,19-20H,6,9-10,12-14H2,1-2H3,(H3,26,27)(H,28,31)(H,29,33)/t16?,19-,20+/m1/s1. The maximum Gasteiger partial charge on any atom is 0.243 e. The summed E-state index contributed by atoms with van der Waals surface area (Å²) >= 11 is 1.40. The van der Waals surface area contributed by atoms with Crippen molar-refractivity contribution >= 4 is 34.9 Å². The van der Waals surface area contributed by atoms with Gasteiger partial charge >= 0.3 is 0 Å². The molecule has 1 unspecified atom stereocenters. The van der Waals surface area contributed by atoms with Crippen molar-refractivity contribution in [2.45, 2.75) is 44.4 Å². The number of ether oxygens (including phenoxy) is 2. The maximum absolute atomic E-state index is 13.1. The molecule has 3 atom stereocenters. The van der Waals surface area contributed by atoms with E-state index in [4.69, 9.17) is 20.6 Å². The zero-order chi connectivity index (χ0) is 26.1. The molecule has 36 heavy (non-hydrogen) atoms. The summed E-state index contributed by atoms with van der Waals surface area (Å²) in [6.45, 7) is 2.31. The van der Waals surface area contributed by atoms with Gasteiger partial charge in [-0.25, -0.2) is 0 Å². The number of hydrogen-bond acceptors (Lipinski definition) is 7. The Hall–Kier alpha value is -3.44. The van der Waals surface area contributed by atoms with Crippen molar-refractivity contribution in [2.75, 3.05) is 26.8 Å². The molecule has 2 aromatic rings. The minimum Gasteiger partial charge on any atom is -0.494 e. The maximum atomic E-state index is 13.1. The third kappa shape index (κ3) is 7.53. The summed E-state index contributed by atoms with van der Waals surface area (Å²) in [5.41, 5.74) is 6.13. The van der Waals surface area contributed by atoms with Crippen LogP contribution in [0.15, 0.2) is 41.8 Å². The number of para-hydroxylation sites is 1. The highest BCUT2D eigenvalue weighted by Gasteiger charge is 2.40. The van der Waals surface area contributed by atoms with Crippen LogP contribution in [0.25, 0.3) is 0 Å². The highest BCUT2D eigenvalue weighted by atomic mass is 32.1. The number of rotatable bonds is 12. The van der Waals surface area contributed by atoms with E-state index < -0.39 is 6.04 Å². The fourth-order valence-electron chi connectivity index (χ4n) is 3.90. The lowest BCUT2D eigenvalue weighted by atomic mass is 10.1. The number of thiophene rings is 1. The van der Waals surface area contributed by atoms with Crippen LogP contribution in [0, 0.1) is 5.41 Å². The van der Waals surface area contributed by atoms with Crippen LogP contribution in [0.2, 0.25) is 0 Å². The summed E-state index contributed by atoms with van der Waals surface area (Å²) in [4.78, 5) is 40.5. The highest BCUT2D eigenvalue weighted by molar-refractivity contribution is 7.10. The van der Waals surface area contributed by atoms with E-state index in [1.165, 1.54) is 16.2 Å².